The van der Waals surface area contributed by atoms with Crippen LogP contribution < -0.4 is 5.32 Å². The zero-order valence-electron chi connectivity index (χ0n) is 11.9. The topological polar surface area (TPSA) is 104 Å². The largest absolute Gasteiger partial charge is 0.481 e. The quantitative estimate of drug-likeness (QED) is 0.764. The minimum absolute atomic E-state index is 0.0785. The Balaban J connectivity index is 2.69. The number of nitrogens with zero attached hydrogens (tertiary/aromatic N) is 1. The fraction of sp³-hybridized carbons (Fsp3) is 0.385. The van der Waals surface area contributed by atoms with Gasteiger partial charge in [-0.1, -0.05) is 12.1 Å². The average molecular weight is 314 g/mol. The van der Waals surface area contributed by atoms with Gasteiger partial charge in [0, 0.05) is 12.7 Å². The zero-order chi connectivity index (χ0) is 16.0. The van der Waals surface area contributed by atoms with Crippen molar-refractivity contribution in [2.45, 2.75) is 13.3 Å². The first-order valence-corrected chi connectivity index (χ1v) is 7.90. The van der Waals surface area contributed by atoms with E-state index < -0.39 is 21.9 Å². The van der Waals surface area contributed by atoms with E-state index in [0.717, 1.165) is 4.31 Å². The summed E-state index contributed by atoms with van der Waals surface area (Å²) >= 11 is 0. The number of carbonyl (C=O) groups is 2. The summed E-state index contributed by atoms with van der Waals surface area (Å²) in [6.45, 7) is 1.21. The number of carboxylic acids is 1. The minimum atomic E-state index is -3.41. The molecule has 0 unspecified atom stereocenters. The zero-order valence-corrected chi connectivity index (χ0v) is 12.7. The predicted octanol–water partition coefficient (Wildman–Crippen LogP) is 0.534. The first-order chi connectivity index (χ1) is 9.74. The maximum Gasteiger partial charge on any atom is 0.307 e. The Bertz CT molecular complexity index is 627. The van der Waals surface area contributed by atoms with Crippen molar-refractivity contribution in [3.8, 4) is 0 Å². The molecule has 1 aromatic carbocycles. The Morgan fingerprint density at radius 2 is 2.00 bits per heavy atom. The smallest absolute Gasteiger partial charge is 0.307 e. The lowest BCUT2D eigenvalue weighted by atomic mass is 10.1. The van der Waals surface area contributed by atoms with Gasteiger partial charge >= 0.3 is 5.97 Å². The fourth-order valence-electron chi connectivity index (χ4n) is 1.66. The van der Waals surface area contributed by atoms with Crippen molar-refractivity contribution in [1.82, 2.24) is 4.31 Å². The highest BCUT2D eigenvalue weighted by Gasteiger charge is 2.18. The van der Waals surface area contributed by atoms with Crippen LogP contribution in [0.4, 0.5) is 5.69 Å². The van der Waals surface area contributed by atoms with Crippen LogP contribution in [0.1, 0.15) is 12.5 Å². The maximum absolute atomic E-state index is 11.8. The number of carbonyl (C=O) groups excluding carboxylic acids is 1. The van der Waals surface area contributed by atoms with Gasteiger partial charge in [-0.05, 0) is 24.6 Å². The van der Waals surface area contributed by atoms with Gasteiger partial charge < -0.3 is 10.4 Å². The van der Waals surface area contributed by atoms with Gasteiger partial charge in [0.25, 0.3) is 0 Å². The van der Waals surface area contributed by atoms with Crippen LogP contribution in [0.25, 0.3) is 0 Å². The standard InChI is InChI=1S/C13H18N2O5S/c1-3-21(19,20)15(2)9-12(16)14-11-6-4-5-10(7-11)8-13(17)18/h4-7H,3,8-9H2,1-2H3,(H,14,16)(H,17,18). The molecule has 0 aliphatic heterocycles. The highest BCUT2D eigenvalue weighted by atomic mass is 32.2. The number of nitrogens with one attached hydrogen (secondary N) is 1. The molecule has 0 heterocycles. The molecular formula is C13H18N2O5S. The van der Waals surface area contributed by atoms with Gasteiger partial charge in [0.2, 0.25) is 15.9 Å². The number of rotatable bonds is 7. The van der Waals surface area contributed by atoms with Gasteiger partial charge in [0.1, 0.15) is 0 Å². The summed E-state index contributed by atoms with van der Waals surface area (Å²) in [7, 11) is -2.08. The molecule has 0 saturated carbocycles. The first kappa shape index (κ1) is 17.1. The third kappa shape index (κ3) is 5.52. The lowest BCUT2D eigenvalue weighted by Gasteiger charge is -2.15. The van der Waals surface area contributed by atoms with Crippen LogP contribution in [-0.2, 0) is 26.0 Å². The molecule has 0 radical (unpaired) electrons. The molecule has 116 valence electrons. The van der Waals surface area contributed by atoms with Crippen molar-refractivity contribution < 1.29 is 23.1 Å². The van der Waals surface area contributed by atoms with Crippen molar-refractivity contribution in [2.24, 2.45) is 0 Å². The van der Waals surface area contributed by atoms with E-state index in [-0.39, 0.29) is 18.7 Å². The number of sulfonamides is 1. The van der Waals surface area contributed by atoms with Crippen LogP contribution in [0, 0.1) is 0 Å². The number of hydrogen-bond acceptors (Lipinski definition) is 4. The van der Waals surface area contributed by atoms with Crippen LogP contribution in [0.3, 0.4) is 0 Å². The van der Waals surface area contributed by atoms with Crippen molar-refractivity contribution in [1.29, 1.82) is 0 Å². The van der Waals surface area contributed by atoms with Crippen LogP contribution >= 0.6 is 0 Å². The van der Waals surface area contributed by atoms with Gasteiger partial charge in [-0.3, -0.25) is 9.59 Å². The van der Waals surface area contributed by atoms with Gasteiger partial charge in [-0.25, -0.2) is 8.42 Å². The predicted molar refractivity (Wildman–Crippen MR) is 78.5 cm³/mol. The van der Waals surface area contributed by atoms with Gasteiger partial charge in [0.15, 0.2) is 0 Å². The molecule has 1 aromatic rings. The minimum Gasteiger partial charge on any atom is -0.481 e. The second-order valence-electron chi connectivity index (χ2n) is 4.48. The molecule has 0 fully saturated rings. The van der Waals surface area contributed by atoms with Gasteiger partial charge in [0.05, 0.1) is 18.7 Å². The Labute approximate surface area is 123 Å². The van der Waals surface area contributed by atoms with E-state index in [4.69, 9.17) is 5.11 Å². The second kappa shape index (κ2) is 7.19. The lowest BCUT2D eigenvalue weighted by molar-refractivity contribution is -0.136. The third-order valence-electron chi connectivity index (χ3n) is 2.77. The number of amides is 1. The summed E-state index contributed by atoms with van der Waals surface area (Å²) in [4.78, 5) is 22.4. The van der Waals surface area contributed by atoms with Gasteiger partial charge in [-0.15, -0.1) is 0 Å². The van der Waals surface area contributed by atoms with E-state index in [1.54, 1.807) is 24.3 Å². The summed E-state index contributed by atoms with van der Waals surface area (Å²) in [6, 6.07) is 6.41. The molecular weight excluding hydrogens is 296 g/mol. The van der Waals surface area contributed by atoms with E-state index >= 15 is 0 Å². The SMILES string of the molecule is CCS(=O)(=O)N(C)CC(=O)Nc1cccc(CC(=O)O)c1. The van der Waals surface area contributed by atoms with Crippen molar-refractivity contribution in [3.05, 3.63) is 29.8 Å². The van der Waals surface area contributed by atoms with Crippen molar-refractivity contribution >= 4 is 27.6 Å². The van der Waals surface area contributed by atoms with Crippen molar-refractivity contribution in [3.63, 3.8) is 0 Å². The average Bonchev–Trinajstić information content (AvgIpc) is 2.37. The number of likely N-dealkylation sites (N-methyl/N-ethyl adjacent to an activating group) is 1. The molecule has 1 rings (SSSR count). The number of benzene rings is 1. The molecule has 2 N–H and O–H groups in total. The molecule has 0 atom stereocenters. The number of anilines is 1. The van der Waals surface area contributed by atoms with Crippen LogP contribution in [0.5, 0.6) is 0 Å². The third-order valence-corrected chi connectivity index (χ3v) is 4.58. The van der Waals surface area contributed by atoms with E-state index in [2.05, 4.69) is 5.32 Å². The van der Waals surface area contributed by atoms with Crippen LogP contribution in [-0.4, -0.2) is 49.1 Å². The van der Waals surface area contributed by atoms with E-state index in [1.165, 1.54) is 14.0 Å². The molecule has 0 saturated heterocycles. The van der Waals surface area contributed by atoms with Crippen molar-refractivity contribution in [2.75, 3.05) is 24.7 Å². The maximum atomic E-state index is 11.8. The Morgan fingerprint density at radius 3 is 2.57 bits per heavy atom. The molecule has 0 bridgehead atoms. The first-order valence-electron chi connectivity index (χ1n) is 6.29. The summed E-state index contributed by atoms with van der Waals surface area (Å²) in [5.74, 6) is -1.53. The molecule has 0 aliphatic carbocycles. The molecule has 8 heteroatoms. The lowest BCUT2D eigenvalue weighted by Crippen LogP contribution is -2.35. The Hall–Kier alpha value is -1.93. The molecule has 0 aliphatic rings. The van der Waals surface area contributed by atoms with E-state index in [0.29, 0.717) is 11.3 Å². The fourth-order valence-corrected chi connectivity index (χ4v) is 2.41. The highest BCUT2D eigenvalue weighted by molar-refractivity contribution is 7.89. The summed E-state index contributed by atoms with van der Waals surface area (Å²) in [6.07, 6.45) is -0.145. The monoisotopic (exact) mass is 314 g/mol. The molecule has 1 amide bonds. The summed E-state index contributed by atoms with van der Waals surface area (Å²) in [5, 5.41) is 11.3. The van der Waals surface area contributed by atoms with E-state index in [9.17, 15) is 18.0 Å². The highest BCUT2D eigenvalue weighted by Crippen LogP contribution is 2.11. The molecule has 0 aromatic heterocycles. The number of hydrogen-bond donors (Lipinski definition) is 2. The van der Waals surface area contributed by atoms with Crippen LogP contribution in [0.2, 0.25) is 0 Å². The van der Waals surface area contributed by atoms with Gasteiger partial charge in [-0.2, -0.15) is 4.31 Å². The molecule has 7 nitrogen and oxygen atoms in total. The number of aliphatic carboxylic acids is 1. The number of carboxylic acid groups (broad SMARTS) is 1. The second-order valence-corrected chi connectivity index (χ2v) is 6.84. The summed E-state index contributed by atoms with van der Waals surface area (Å²) in [5.41, 5.74) is 0.982. The normalized spacial score (nSPS) is 11.4. The molecule has 0 spiro atoms. The Kier molecular flexibility index (Phi) is 5.86. The van der Waals surface area contributed by atoms with Crippen LogP contribution in [0.15, 0.2) is 24.3 Å². The Morgan fingerprint density at radius 1 is 1.33 bits per heavy atom. The summed E-state index contributed by atoms with van der Waals surface area (Å²) < 4.78 is 24.1. The molecule has 21 heavy (non-hydrogen) atoms. The van der Waals surface area contributed by atoms with E-state index in [1.807, 2.05) is 0 Å².